The van der Waals surface area contributed by atoms with E-state index in [4.69, 9.17) is 4.74 Å². The highest BCUT2D eigenvalue weighted by Gasteiger charge is 2.32. The van der Waals surface area contributed by atoms with Crippen molar-refractivity contribution < 1.29 is 28.7 Å². The predicted octanol–water partition coefficient (Wildman–Crippen LogP) is 1.52. The largest absolute Gasteiger partial charge is 0.452 e. The molecule has 0 spiro atoms. The molecule has 0 saturated heterocycles. The summed E-state index contributed by atoms with van der Waals surface area (Å²) >= 11 is 0. The Hall–Kier alpha value is -3.81. The average molecular weight is 366 g/mol. The first-order valence-corrected chi connectivity index (χ1v) is 7.89. The van der Waals surface area contributed by atoms with Gasteiger partial charge >= 0.3 is 5.97 Å². The number of aldehydes is 1. The highest BCUT2D eigenvalue weighted by atomic mass is 16.5. The number of rotatable bonds is 5. The van der Waals surface area contributed by atoms with Gasteiger partial charge < -0.3 is 10.1 Å². The summed E-state index contributed by atoms with van der Waals surface area (Å²) in [6.07, 6.45) is 0.648. The number of amides is 3. The topological polar surface area (TPSA) is 110 Å². The zero-order valence-electron chi connectivity index (χ0n) is 14.2. The number of nitrogens with zero attached hydrogens (tertiary/aromatic N) is 1. The molecule has 0 aliphatic carbocycles. The van der Waals surface area contributed by atoms with Crippen LogP contribution in [0, 0.1) is 0 Å². The molecule has 0 radical (unpaired) electrons. The number of nitrogens with one attached hydrogen (secondary N) is 1. The standard InChI is InChI=1S/C19H14N2O6/c1-21-17(24)14-7-6-13(8-15(14)18(21)25)20-16(23)10-27-19(26)12-4-2-11(9-22)3-5-12/h2-9H,10H2,1H3,(H,20,23). The third kappa shape index (κ3) is 3.59. The number of carbonyl (C=O) groups excluding carboxylic acids is 5. The lowest BCUT2D eigenvalue weighted by atomic mass is 10.1. The van der Waals surface area contributed by atoms with Crippen LogP contribution in [0.25, 0.3) is 0 Å². The van der Waals surface area contributed by atoms with Gasteiger partial charge in [0.15, 0.2) is 6.61 Å². The Morgan fingerprint density at radius 3 is 2.37 bits per heavy atom. The maximum Gasteiger partial charge on any atom is 0.338 e. The molecule has 0 bridgehead atoms. The average Bonchev–Trinajstić information content (AvgIpc) is 2.90. The van der Waals surface area contributed by atoms with E-state index in [2.05, 4.69) is 5.32 Å². The molecule has 0 unspecified atom stereocenters. The molecule has 0 atom stereocenters. The summed E-state index contributed by atoms with van der Waals surface area (Å²) in [5.41, 5.74) is 1.40. The Morgan fingerprint density at radius 1 is 1.04 bits per heavy atom. The highest BCUT2D eigenvalue weighted by Crippen LogP contribution is 2.24. The van der Waals surface area contributed by atoms with Crippen LogP contribution >= 0.6 is 0 Å². The Kier molecular flexibility index (Phi) is 4.80. The zero-order valence-corrected chi connectivity index (χ0v) is 14.2. The number of esters is 1. The molecule has 8 heteroatoms. The highest BCUT2D eigenvalue weighted by molar-refractivity contribution is 6.21. The van der Waals surface area contributed by atoms with Crippen LogP contribution in [-0.4, -0.2) is 48.5 Å². The van der Waals surface area contributed by atoms with E-state index in [1.165, 1.54) is 49.5 Å². The maximum atomic E-state index is 12.0. The Balaban J connectivity index is 1.60. The number of anilines is 1. The van der Waals surface area contributed by atoms with Crippen molar-refractivity contribution in [3.8, 4) is 0 Å². The van der Waals surface area contributed by atoms with Gasteiger partial charge in [-0.2, -0.15) is 0 Å². The van der Waals surface area contributed by atoms with Crippen molar-refractivity contribution in [1.82, 2.24) is 4.90 Å². The van der Waals surface area contributed by atoms with E-state index < -0.39 is 30.3 Å². The lowest BCUT2D eigenvalue weighted by molar-refractivity contribution is -0.119. The third-order valence-electron chi connectivity index (χ3n) is 3.99. The molecule has 0 saturated carbocycles. The van der Waals surface area contributed by atoms with Gasteiger partial charge in [0.25, 0.3) is 17.7 Å². The van der Waals surface area contributed by atoms with Crippen LogP contribution < -0.4 is 5.32 Å². The molecule has 2 aromatic rings. The summed E-state index contributed by atoms with van der Waals surface area (Å²) < 4.78 is 4.91. The fourth-order valence-corrected chi connectivity index (χ4v) is 2.55. The molecule has 136 valence electrons. The number of hydrogen-bond donors (Lipinski definition) is 1. The smallest absolute Gasteiger partial charge is 0.338 e. The van der Waals surface area contributed by atoms with E-state index in [0.29, 0.717) is 17.5 Å². The van der Waals surface area contributed by atoms with Crippen LogP contribution in [0.5, 0.6) is 0 Å². The third-order valence-corrected chi connectivity index (χ3v) is 3.99. The molecule has 0 fully saturated rings. The van der Waals surface area contributed by atoms with Crippen LogP contribution in [0.4, 0.5) is 5.69 Å². The van der Waals surface area contributed by atoms with E-state index in [-0.39, 0.29) is 16.7 Å². The molecule has 1 aliphatic heterocycles. The molecule has 1 N–H and O–H groups in total. The van der Waals surface area contributed by atoms with Crippen LogP contribution in [0.2, 0.25) is 0 Å². The van der Waals surface area contributed by atoms with Gasteiger partial charge in [0, 0.05) is 18.3 Å². The van der Waals surface area contributed by atoms with E-state index in [9.17, 15) is 24.0 Å². The quantitative estimate of drug-likeness (QED) is 0.488. The van der Waals surface area contributed by atoms with Crippen molar-refractivity contribution in [3.63, 3.8) is 0 Å². The van der Waals surface area contributed by atoms with Crippen molar-refractivity contribution in [1.29, 1.82) is 0 Å². The minimum atomic E-state index is -0.709. The van der Waals surface area contributed by atoms with Gasteiger partial charge in [-0.25, -0.2) is 4.79 Å². The molecule has 27 heavy (non-hydrogen) atoms. The van der Waals surface area contributed by atoms with Gasteiger partial charge in [0.05, 0.1) is 16.7 Å². The van der Waals surface area contributed by atoms with Gasteiger partial charge in [-0.15, -0.1) is 0 Å². The summed E-state index contributed by atoms with van der Waals surface area (Å²) in [7, 11) is 1.38. The second kappa shape index (κ2) is 7.20. The fraction of sp³-hybridized carbons (Fsp3) is 0.105. The minimum Gasteiger partial charge on any atom is -0.452 e. The van der Waals surface area contributed by atoms with Crippen molar-refractivity contribution in [2.75, 3.05) is 19.0 Å². The van der Waals surface area contributed by atoms with E-state index in [0.717, 1.165) is 4.90 Å². The number of benzene rings is 2. The van der Waals surface area contributed by atoms with Crippen molar-refractivity contribution in [2.24, 2.45) is 0 Å². The van der Waals surface area contributed by atoms with Crippen molar-refractivity contribution >= 4 is 35.7 Å². The van der Waals surface area contributed by atoms with Gasteiger partial charge in [0.2, 0.25) is 0 Å². The molecular formula is C19H14N2O6. The fourth-order valence-electron chi connectivity index (χ4n) is 2.55. The first-order chi connectivity index (χ1) is 12.9. The summed E-state index contributed by atoms with van der Waals surface area (Å²) in [4.78, 5) is 59.2. The number of hydrogen-bond acceptors (Lipinski definition) is 6. The van der Waals surface area contributed by atoms with E-state index in [1.54, 1.807) is 0 Å². The number of carbonyl (C=O) groups is 5. The van der Waals surface area contributed by atoms with Crippen LogP contribution in [0.1, 0.15) is 41.4 Å². The molecule has 0 aromatic heterocycles. The molecule has 3 amide bonds. The van der Waals surface area contributed by atoms with Crippen molar-refractivity contribution in [2.45, 2.75) is 0 Å². The minimum absolute atomic E-state index is 0.201. The van der Waals surface area contributed by atoms with Crippen LogP contribution in [0.3, 0.4) is 0 Å². The van der Waals surface area contributed by atoms with Gasteiger partial charge in [-0.05, 0) is 30.3 Å². The number of ether oxygens (including phenoxy) is 1. The number of fused-ring (bicyclic) bond motifs is 1. The van der Waals surface area contributed by atoms with Gasteiger partial charge in [-0.1, -0.05) is 12.1 Å². The molecular weight excluding hydrogens is 352 g/mol. The molecule has 1 aliphatic rings. The molecule has 3 rings (SSSR count). The Labute approximate surface area is 153 Å². The van der Waals surface area contributed by atoms with Crippen LogP contribution in [-0.2, 0) is 9.53 Å². The summed E-state index contributed by atoms with van der Waals surface area (Å²) in [6.45, 7) is -0.530. The first-order valence-electron chi connectivity index (χ1n) is 7.89. The lowest BCUT2D eigenvalue weighted by Gasteiger charge is -2.07. The first kappa shape index (κ1) is 18.0. The monoisotopic (exact) mass is 366 g/mol. The second-order valence-corrected chi connectivity index (χ2v) is 5.79. The van der Waals surface area contributed by atoms with Crippen LogP contribution in [0.15, 0.2) is 42.5 Å². The predicted molar refractivity (Wildman–Crippen MR) is 93.6 cm³/mol. The summed E-state index contributed by atoms with van der Waals surface area (Å²) in [5, 5.41) is 2.50. The van der Waals surface area contributed by atoms with Gasteiger partial charge in [0.1, 0.15) is 6.29 Å². The number of imide groups is 1. The second-order valence-electron chi connectivity index (χ2n) is 5.79. The van der Waals surface area contributed by atoms with Crippen molar-refractivity contribution in [3.05, 3.63) is 64.7 Å². The summed E-state index contributed by atoms with van der Waals surface area (Å²) in [6, 6.07) is 10.1. The summed E-state index contributed by atoms with van der Waals surface area (Å²) in [5.74, 6) is -2.16. The maximum absolute atomic E-state index is 12.0. The lowest BCUT2D eigenvalue weighted by Crippen LogP contribution is -2.24. The van der Waals surface area contributed by atoms with Gasteiger partial charge in [-0.3, -0.25) is 24.1 Å². The van der Waals surface area contributed by atoms with E-state index in [1.807, 2.05) is 0 Å². The SMILES string of the molecule is CN1C(=O)c2ccc(NC(=O)COC(=O)c3ccc(C=O)cc3)cc2C1=O. The molecule has 1 heterocycles. The molecule has 8 nitrogen and oxygen atoms in total. The Morgan fingerprint density at radius 2 is 1.70 bits per heavy atom. The normalized spacial score (nSPS) is 12.6. The zero-order chi connectivity index (χ0) is 19.6. The Bertz CT molecular complexity index is 965. The molecule has 2 aromatic carbocycles. The van der Waals surface area contributed by atoms with E-state index >= 15 is 0 Å².